The van der Waals surface area contributed by atoms with Crippen LogP contribution in [0.1, 0.15) is 19.0 Å². The van der Waals surface area contributed by atoms with Crippen molar-refractivity contribution >= 4 is 9.84 Å². The molecule has 2 aromatic rings. The Balaban J connectivity index is 2.12. The summed E-state index contributed by atoms with van der Waals surface area (Å²) >= 11 is 0. The van der Waals surface area contributed by atoms with Gasteiger partial charge in [-0.1, -0.05) is 19.1 Å². The number of hydrogen-bond donors (Lipinski definition) is 2. The Morgan fingerprint density at radius 3 is 2.55 bits per heavy atom. The first-order valence-electron chi connectivity index (χ1n) is 6.56. The first kappa shape index (κ1) is 14.7. The molecule has 0 radical (unpaired) electrons. The summed E-state index contributed by atoms with van der Waals surface area (Å²) in [5.74, 6) is 0. The molecule has 0 fully saturated rings. The molecule has 2 N–H and O–H groups in total. The lowest BCUT2D eigenvalue weighted by molar-refractivity contribution is 0.602. The van der Waals surface area contributed by atoms with Gasteiger partial charge in [0.05, 0.1) is 10.6 Å². The standard InChI is InChI=1S/C14H19N3O2S/c1-3-8-15-10-12-9-14(17-16-12)11-4-6-13(7-5-11)20(2,18)19/h4-7,9,15H,3,8,10H2,1-2H3,(H,16,17). The highest BCUT2D eigenvalue weighted by Crippen LogP contribution is 2.20. The Labute approximate surface area is 119 Å². The average Bonchev–Trinajstić information content (AvgIpc) is 2.87. The molecule has 0 atom stereocenters. The lowest BCUT2D eigenvalue weighted by Gasteiger charge is -2.00. The predicted molar refractivity (Wildman–Crippen MR) is 79.1 cm³/mol. The molecule has 0 unspecified atom stereocenters. The van der Waals surface area contributed by atoms with E-state index < -0.39 is 9.84 Å². The van der Waals surface area contributed by atoms with Gasteiger partial charge in [0.25, 0.3) is 0 Å². The normalized spacial score (nSPS) is 11.7. The zero-order valence-electron chi connectivity index (χ0n) is 11.7. The van der Waals surface area contributed by atoms with Gasteiger partial charge in [-0.05, 0) is 31.2 Å². The third kappa shape index (κ3) is 3.68. The van der Waals surface area contributed by atoms with Crippen LogP contribution in [0.3, 0.4) is 0 Å². The van der Waals surface area contributed by atoms with Gasteiger partial charge >= 0.3 is 0 Å². The lowest BCUT2D eigenvalue weighted by Crippen LogP contribution is -2.13. The van der Waals surface area contributed by atoms with E-state index in [1.54, 1.807) is 24.3 Å². The van der Waals surface area contributed by atoms with Crippen LogP contribution in [0, 0.1) is 0 Å². The Morgan fingerprint density at radius 1 is 1.25 bits per heavy atom. The maximum absolute atomic E-state index is 11.4. The van der Waals surface area contributed by atoms with Gasteiger partial charge in [-0.2, -0.15) is 5.10 Å². The van der Waals surface area contributed by atoms with E-state index in [1.165, 1.54) is 6.26 Å². The molecule has 20 heavy (non-hydrogen) atoms. The van der Waals surface area contributed by atoms with Crippen LogP contribution in [0.15, 0.2) is 35.2 Å². The van der Waals surface area contributed by atoms with Gasteiger partial charge < -0.3 is 5.32 Å². The largest absolute Gasteiger partial charge is 0.311 e. The number of aromatic amines is 1. The van der Waals surface area contributed by atoms with E-state index in [-0.39, 0.29) is 0 Å². The van der Waals surface area contributed by atoms with Crippen molar-refractivity contribution in [3.05, 3.63) is 36.0 Å². The molecular formula is C14H19N3O2S. The highest BCUT2D eigenvalue weighted by Gasteiger charge is 2.08. The fraction of sp³-hybridized carbons (Fsp3) is 0.357. The SMILES string of the molecule is CCCNCc1cc(-c2ccc(S(C)(=O)=O)cc2)n[nH]1. The van der Waals surface area contributed by atoms with E-state index in [0.717, 1.165) is 36.5 Å². The minimum atomic E-state index is -3.15. The topological polar surface area (TPSA) is 74.8 Å². The zero-order chi connectivity index (χ0) is 14.6. The van der Waals surface area contributed by atoms with Crippen molar-refractivity contribution in [1.82, 2.24) is 15.5 Å². The van der Waals surface area contributed by atoms with Gasteiger partial charge in [-0.3, -0.25) is 5.10 Å². The molecule has 0 saturated carbocycles. The molecule has 0 spiro atoms. The van der Waals surface area contributed by atoms with Crippen molar-refractivity contribution < 1.29 is 8.42 Å². The first-order chi connectivity index (χ1) is 9.50. The minimum Gasteiger partial charge on any atom is -0.311 e. The summed E-state index contributed by atoms with van der Waals surface area (Å²) in [4.78, 5) is 0.321. The van der Waals surface area contributed by atoms with E-state index in [2.05, 4.69) is 22.4 Å². The Kier molecular flexibility index (Phi) is 4.57. The van der Waals surface area contributed by atoms with E-state index in [9.17, 15) is 8.42 Å². The molecule has 0 aliphatic rings. The Hall–Kier alpha value is -1.66. The summed E-state index contributed by atoms with van der Waals surface area (Å²) in [6.45, 7) is 3.84. The number of hydrogen-bond acceptors (Lipinski definition) is 4. The van der Waals surface area contributed by atoms with Crippen LogP contribution >= 0.6 is 0 Å². The van der Waals surface area contributed by atoms with E-state index in [4.69, 9.17) is 0 Å². The maximum Gasteiger partial charge on any atom is 0.175 e. The van der Waals surface area contributed by atoms with Crippen LogP contribution < -0.4 is 5.32 Å². The van der Waals surface area contributed by atoms with Gasteiger partial charge in [0.2, 0.25) is 0 Å². The van der Waals surface area contributed by atoms with Crippen molar-refractivity contribution in [2.45, 2.75) is 24.8 Å². The van der Waals surface area contributed by atoms with Crippen molar-refractivity contribution in [3.8, 4) is 11.3 Å². The number of aromatic nitrogens is 2. The zero-order valence-corrected chi connectivity index (χ0v) is 12.5. The van der Waals surface area contributed by atoms with Crippen LogP contribution in [0.4, 0.5) is 0 Å². The highest BCUT2D eigenvalue weighted by molar-refractivity contribution is 7.90. The van der Waals surface area contributed by atoms with E-state index in [0.29, 0.717) is 4.90 Å². The first-order valence-corrected chi connectivity index (χ1v) is 8.45. The number of sulfone groups is 1. The molecule has 108 valence electrons. The maximum atomic E-state index is 11.4. The fourth-order valence-corrected chi connectivity index (χ4v) is 2.50. The van der Waals surface area contributed by atoms with Crippen molar-refractivity contribution in [2.24, 2.45) is 0 Å². The molecule has 2 rings (SSSR count). The molecule has 0 saturated heterocycles. The Morgan fingerprint density at radius 2 is 1.95 bits per heavy atom. The van der Waals surface area contributed by atoms with Gasteiger partial charge in [-0.15, -0.1) is 0 Å². The summed E-state index contributed by atoms with van der Waals surface area (Å²) < 4.78 is 22.8. The lowest BCUT2D eigenvalue weighted by atomic mass is 10.1. The fourth-order valence-electron chi connectivity index (χ4n) is 1.87. The predicted octanol–water partition coefficient (Wildman–Crippen LogP) is 1.98. The number of benzene rings is 1. The molecule has 0 aliphatic heterocycles. The van der Waals surface area contributed by atoms with Gasteiger partial charge in [-0.25, -0.2) is 8.42 Å². The summed E-state index contributed by atoms with van der Waals surface area (Å²) in [7, 11) is -3.15. The van der Waals surface area contributed by atoms with Crippen molar-refractivity contribution in [3.63, 3.8) is 0 Å². The van der Waals surface area contributed by atoms with Crippen LogP contribution in [0.2, 0.25) is 0 Å². The molecular weight excluding hydrogens is 274 g/mol. The summed E-state index contributed by atoms with van der Waals surface area (Å²) in [5.41, 5.74) is 2.73. The number of nitrogens with zero attached hydrogens (tertiary/aromatic N) is 1. The molecule has 0 bridgehead atoms. The number of H-pyrrole nitrogens is 1. The summed E-state index contributed by atoms with van der Waals surface area (Å²) in [6.07, 6.45) is 2.29. The quantitative estimate of drug-likeness (QED) is 0.799. The number of nitrogens with one attached hydrogen (secondary N) is 2. The van der Waals surface area contributed by atoms with Crippen LogP contribution in [-0.4, -0.2) is 31.4 Å². The second kappa shape index (κ2) is 6.19. The minimum absolute atomic E-state index is 0.321. The molecule has 5 nitrogen and oxygen atoms in total. The van der Waals surface area contributed by atoms with Gasteiger partial charge in [0, 0.05) is 24.1 Å². The third-order valence-electron chi connectivity index (χ3n) is 2.95. The van der Waals surface area contributed by atoms with Gasteiger partial charge in [0.15, 0.2) is 9.84 Å². The van der Waals surface area contributed by atoms with Gasteiger partial charge in [0.1, 0.15) is 0 Å². The highest BCUT2D eigenvalue weighted by atomic mass is 32.2. The molecule has 1 aromatic carbocycles. The van der Waals surface area contributed by atoms with E-state index in [1.807, 2.05) is 6.07 Å². The van der Waals surface area contributed by atoms with E-state index >= 15 is 0 Å². The second-order valence-electron chi connectivity index (χ2n) is 4.75. The average molecular weight is 293 g/mol. The summed E-state index contributed by atoms with van der Waals surface area (Å²) in [6, 6.07) is 8.73. The number of rotatable bonds is 6. The molecule has 0 amide bonds. The van der Waals surface area contributed by atoms with Crippen LogP contribution in [0.25, 0.3) is 11.3 Å². The Bertz CT molecular complexity index is 660. The van der Waals surface area contributed by atoms with Crippen LogP contribution in [0.5, 0.6) is 0 Å². The molecule has 1 aromatic heterocycles. The molecule has 6 heteroatoms. The smallest absolute Gasteiger partial charge is 0.175 e. The van der Waals surface area contributed by atoms with Crippen molar-refractivity contribution in [1.29, 1.82) is 0 Å². The molecule has 1 heterocycles. The third-order valence-corrected chi connectivity index (χ3v) is 4.08. The van der Waals surface area contributed by atoms with Crippen molar-refractivity contribution in [2.75, 3.05) is 12.8 Å². The summed E-state index contributed by atoms with van der Waals surface area (Å²) in [5, 5.41) is 10.5. The molecule has 0 aliphatic carbocycles. The second-order valence-corrected chi connectivity index (χ2v) is 6.77. The monoisotopic (exact) mass is 293 g/mol. The van der Waals surface area contributed by atoms with Crippen LogP contribution in [-0.2, 0) is 16.4 Å².